The summed E-state index contributed by atoms with van der Waals surface area (Å²) in [6.45, 7) is 2.53. The Balaban J connectivity index is 0.000000318. The molecule has 0 aromatic carbocycles. The van der Waals surface area contributed by atoms with Gasteiger partial charge in [0.05, 0.1) is 36.6 Å². The first kappa shape index (κ1) is 22.4. The van der Waals surface area contributed by atoms with Crippen LogP contribution in [0.15, 0.2) is 18.5 Å². The number of alkyl halides is 3. The molecule has 1 amide bonds. The molecule has 3 fully saturated rings. The van der Waals surface area contributed by atoms with Crippen LogP contribution in [0.3, 0.4) is 0 Å². The SMILES string of the molecule is O=C(O)C(F)(F)F.O=C(c1ccncc1F)N1CCC2(CC(OCC3CC3)CO2)C1. The fourth-order valence-corrected chi connectivity index (χ4v) is 3.49. The minimum absolute atomic E-state index is 0.0802. The molecule has 1 spiro atoms. The van der Waals surface area contributed by atoms with Crippen molar-refractivity contribution in [2.75, 3.05) is 26.3 Å². The number of ether oxygens (including phenoxy) is 2. The monoisotopic (exact) mass is 434 g/mol. The molecule has 2 aliphatic heterocycles. The van der Waals surface area contributed by atoms with Gasteiger partial charge in [-0.05, 0) is 31.2 Å². The van der Waals surface area contributed by atoms with Crippen molar-refractivity contribution in [3.05, 3.63) is 29.8 Å². The summed E-state index contributed by atoms with van der Waals surface area (Å²) in [7, 11) is 0. The number of carboxylic acid groups (broad SMARTS) is 1. The van der Waals surface area contributed by atoms with Crippen molar-refractivity contribution in [3.63, 3.8) is 0 Å². The number of halogens is 4. The van der Waals surface area contributed by atoms with E-state index in [-0.39, 0.29) is 23.2 Å². The van der Waals surface area contributed by atoms with Gasteiger partial charge in [-0.15, -0.1) is 0 Å². The molecule has 1 N–H and O–H groups in total. The normalized spacial score (nSPS) is 25.9. The lowest BCUT2D eigenvalue weighted by Crippen LogP contribution is -2.36. The lowest BCUT2D eigenvalue weighted by atomic mass is 9.98. The number of amides is 1. The molecular weight excluding hydrogens is 412 g/mol. The van der Waals surface area contributed by atoms with Crippen molar-refractivity contribution in [2.24, 2.45) is 5.92 Å². The summed E-state index contributed by atoms with van der Waals surface area (Å²) >= 11 is 0. The molecule has 3 heterocycles. The Morgan fingerprint density at radius 3 is 2.67 bits per heavy atom. The summed E-state index contributed by atoms with van der Waals surface area (Å²) in [6, 6.07) is 1.43. The molecule has 2 unspecified atom stereocenters. The zero-order valence-electron chi connectivity index (χ0n) is 16.0. The molecule has 30 heavy (non-hydrogen) atoms. The predicted octanol–water partition coefficient (Wildman–Crippen LogP) is 2.65. The van der Waals surface area contributed by atoms with Crippen molar-refractivity contribution < 1.29 is 41.7 Å². The fraction of sp³-hybridized carbons (Fsp3) is 0.632. The first-order valence-electron chi connectivity index (χ1n) is 9.54. The van der Waals surface area contributed by atoms with E-state index in [1.165, 1.54) is 25.1 Å². The predicted molar refractivity (Wildman–Crippen MR) is 94.2 cm³/mol. The maximum Gasteiger partial charge on any atom is 0.490 e. The Morgan fingerprint density at radius 1 is 1.37 bits per heavy atom. The quantitative estimate of drug-likeness (QED) is 0.733. The first-order valence-corrected chi connectivity index (χ1v) is 9.54. The largest absolute Gasteiger partial charge is 0.490 e. The van der Waals surface area contributed by atoms with E-state index in [1.807, 2.05) is 0 Å². The van der Waals surface area contributed by atoms with Crippen LogP contribution in [0.4, 0.5) is 17.6 Å². The van der Waals surface area contributed by atoms with Crippen LogP contribution >= 0.6 is 0 Å². The van der Waals surface area contributed by atoms with Crippen LogP contribution in [0, 0.1) is 11.7 Å². The zero-order valence-corrected chi connectivity index (χ0v) is 16.0. The van der Waals surface area contributed by atoms with E-state index in [2.05, 4.69) is 4.98 Å². The van der Waals surface area contributed by atoms with Gasteiger partial charge in [0, 0.05) is 25.8 Å². The van der Waals surface area contributed by atoms with Crippen LogP contribution in [-0.4, -0.2) is 71.1 Å². The number of hydrogen-bond donors (Lipinski definition) is 1. The number of pyridine rings is 1. The fourth-order valence-electron chi connectivity index (χ4n) is 3.49. The van der Waals surface area contributed by atoms with Crippen LogP contribution < -0.4 is 0 Å². The standard InChI is InChI=1S/C17H21FN2O3.C2HF3O2/c18-15-8-19-5-3-14(15)16(21)20-6-4-17(11-20)7-13(10-23-17)22-9-12-1-2-12;3-2(4,5)1(6)7/h3,5,8,12-13H,1-2,4,6-7,9-11H2;(H,6,7). The lowest BCUT2D eigenvalue weighted by molar-refractivity contribution is -0.192. The first-order chi connectivity index (χ1) is 14.1. The average molecular weight is 434 g/mol. The van der Waals surface area contributed by atoms with Crippen LogP contribution in [0.25, 0.3) is 0 Å². The Labute approximate surface area is 170 Å². The molecule has 11 heteroatoms. The highest BCUT2D eigenvalue weighted by molar-refractivity contribution is 5.94. The average Bonchev–Trinajstić information content (AvgIpc) is 3.30. The molecule has 0 bridgehead atoms. The van der Waals surface area contributed by atoms with Gasteiger partial charge in [-0.2, -0.15) is 13.2 Å². The number of likely N-dealkylation sites (tertiary alicyclic amines) is 1. The zero-order chi connectivity index (χ0) is 21.9. The number of nitrogens with zero attached hydrogens (tertiary/aromatic N) is 2. The topological polar surface area (TPSA) is 89.0 Å². The second kappa shape index (κ2) is 8.84. The summed E-state index contributed by atoms with van der Waals surface area (Å²) in [5, 5.41) is 7.12. The van der Waals surface area contributed by atoms with E-state index in [4.69, 9.17) is 19.4 Å². The third kappa shape index (κ3) is 5.66. The maximum atomic E-state index is 13.7. The molecule has 7 nitrogen and oxygen atoms in total. The van der Waals surface area contributed by atoms with E-state index in [0.717, 1.165) is 31.6 Å². The van der Waals surface area contributed by atoms with E-state index in [0.29, 0.717) is 19.7 Å². The molecule has 1 saturated carbocycles. The summed E-state index contributed by atoms with van der Waals surface area (Å²) in [6.07, 6.45) is 1.72. The van der Waals surface area contributed by atoms with Crippen molar-refractivity contribution >= 4 is 11.9 Å². The smallest absolute Gasteiger partial charge is 0.475 e. The molecule has 1 aromatic rings. The minimum atomic E-state index is -5.08. The van der Waals surface area contributed by atoms with E-state index >= 15 is 0 Å². The van der Waals surface area contributed by atoms with Crippen LogP contribution in [0.2, 0.25) is 0 Å². The summed E-state index contributed by atoms with van der Waals surface area (Å²) in [5.41, 5.74) is -0.232. The van der Waals surface area contributed by atoms with Crippen molar-refractivity contribution in [2.45, 2.75) is 43.6 Å². The number of carboxylic acids is 1. The van der Waals surface area contributed by atoms with Gasteiger partial charge < -0.3 is 19.5 Å². The molecule has 2 atom stereocenters. The van der Waals surface area contributed by atoms with Crippen LogP contribution in [0.5, 0.6) is 0 Å². The Bertz CT molecular complexity index is 786. The van der Waals surface area contributed by atoms with Crippen LogP contribution in [-0.2, 0) is 14.3 Å². The van der Waals surface area contributed by atoms with Crippen molar-refractivity contribution in [1.29, 1.82) is 0 Å². The molecule has 1 aromatic heterocycles. The minimum Gasteiger partial charge on any atom is -0.475 e. The van der Waals surface area contributed by atoms with Gasteiger partial charge >= 0.3 is 12.1 Å². The highest BCUT2D eigenvalue weighted by Crippen LogP contribution is 2.38. The Morgan fingerprint density at radius 2 is 2.07 bits per heavy atom. The van der Waals surface area contributed by atoms with E-state index in [9.17, 15) is 22.4 Å². The van der Waals surface area contributed by atoms with E-state index in [1.54, 1.807) is 4.90 Å². The summed E-state index contributed by atoms with van der Waals surface area (Å²) in [5.74, 6) is -2.88. The van der Waals surface area contributed by atoms with Gasteiger partial charge in [0.2, 0.25) is 0 Å². The van der Waals surface area contributed by atoms with E-state index < -0.39 is 18.0 Å². The summed E-state index contributed by atoms with van der Waals surface area (Å²) in [4.78, 5) is 26.7. The Kier molecular flexibility index (Phi) is 6.61. The van der Waals surface area contributed by atoms with Gasteiger partial charge in [-0.3, -0.25) is 9.78 Å². The number of hydrogen-bond acceptors (Lipinski definition) is 5. The van der Waals surface area contributed by atoms with Crippen molar-refractivity contribution in [1.82, 2.24) is 9.88 Å². The number of aliphatic carboxylic acids is 1. The molecule has 166 valence electrons. The molecular formula is C19H22F4N2O5. The highest BCUT2D eigenvalue weighted by Gasteiger charge is 2.47. The van der Waals surface area contributed by atoms with Gasteiger partial charge in [-0.25, -0.2) is 9.18 Å². The number of rotatable bonds is 4. The molecule has 1 aliphatic carbocycles. The third-order valence-corrected chi connectivity index (χ3v) is 5.29. The third-order valence-electron chi connectivity index (χ3n) is 5.29. The van der Waals surface area contributed by atoms with Crippen molar-refractivity contribution in [3.8, 4) is 0 Å². The Hall–Kier alpha value is -2.27. The second-order valence-corrected chi connectivity index (χ2v) is 7.73. The lowest BCUT2D eigenvalue weighted by Gasteiger charge is -2.23. The molecule has 2 saturated heterocycles. The van der Waals surface area contributed by atoms with Gasteiger partial charge in [0.15, 0.2) is 5.82 Å². The highest BCUT2D eigenvalue weighted by atomic mass is 19.4. The van der Waals surface area contributed by atoms with Gasteiger partial charge in [0.25, 0.3) is 5.91 Å². The number of carbonyl (C=O) groups excluding carboxylic acids is 1. The summed E-state index contributed by atoms with van der Waals surface area (Å²) < 4.78 is 57.4. The molecule has 0 radical (unpaired) electrons. The maximum absolute atomic E-state index is 13.7. The van der Waals surface area contributed by atoms with Gasteiger partial charge in [-0.1, -0.05) is 0 Å². The number of carbonyl (C=O) groups is 2. The second-order valence-electron chi connectivity index (χ2n) is 7.73. The number of aromatic nitrogens is 1. The van der Waals surface area contributed by atoms with Crippen LogP contribution in [0.1, 0.15) is 36.0 Å². The molecule has 3 aliphatic rings. The van der Waals surface area contributed by atoms with Gasteiger partial charge in [0.1, 0.15) is 0 Å². The molecule has 4 rings (SSSR count).